The average Bonchev–Trinajstić information content (AvgIpc) is 2.26. The number of aliphatic imine (C=N–C) groups is 1. The first-order chi connectivity index (χ1) is 7.63. The molecule has 0 unspecified atom stereocenters. The quantitative estimate of drug-likeness (QED) is 0.438. The molecular formula is C10H11FN4O. The second-order valence-electron chi connectivity index (χ2n) is 2.99. The van der Waals surface area contributed by atoms with Gasteiger partial charge in [0.25, 0.3) is 0 Å². The number of aromatic nitrogens is 2. The van der Waals surface area contributed by atoms with E-state index in [0.717, 1.165) is 6.20 Å². The van der Waals surface area contributed by atoms with Crippen molar-refractivity contribution in [3.05, 3.63) is 12.0 Å². The van der Waals surface area contributed by atoms with Crippen molar-refractivity contribution in [1.29, 1.82) is 0 Å². The Morgan fingerprint density at radius 2 is 2.31 bits per heavy atom. The van der Waals surface area contributed by atoms with Gasteiger partial charge in [-0.25, -0.2) is 9.38 Å². The molecule has 0 bridgehead atoms. The summed E-state index contributed by atoms with van der Waals surface area (Å²) in [5.74, 6) is 1.81. The van der Waals surface area contributed by atoms with Crippen molar-refractivity contribution < 1.29 is 9.13 Å². The van der Waals surface area contributed by atoms with Crippen LogP contribution >= 0.6 is 0 Å². The summed E-state index contributed by atoms with van der Waals surface area (Å²) >= 11 is 0. The van der Waals surface area contributed by atoms with Gasteiger partial charge in [-0.2, -0.15) is 9.97 Å². The van der Waals surface area contributed by atoms with Crippen LogP contribution in [0.1, 0.15) is 6.92 Å². The maximum Gasteiger partial charge on any atom is 0.333 e. The van der Waals surface area contributed by atoms with Gasteiger partial charge >= 0.3 is 6.01 Å². The first kappa shape index (κ1) is 11.9. The van der Waals surface area contributed by atoms with E-state index < -0.39 is 5.82 Å². The predicted molar refractivity (Wildman–Crippen MR) is 57.9 cm³/mol. The highest BCUT2D eigenvalue weighted by Gasteiger charge is 2.05. The lowest BCUT2D eigenvalue weighted by Gasteiger charge is -2.02. The standard InChI is InChI=1S/C10H11FN4O/c1-4-5-16-10-12-6-8(11)9(14-10)13-7-15(2)3/h6-7H,1-3H3. The molecule has 0 amide bonds. The van der Waals surface area contributed by atoms with Crippen LogP contribution in [0.3, 0.4) is 0 Å². The number of rotatable bonds is 3. The van der Waals surface area contributed by atoms with Gasteiger partial charge in [0.1, 0.15) is 6.11 Å². The van der Waals surface area contributed by atoms with E-state index in [1.165, 1.54) is 6.34 Å². The largest absolute Gasteiger partial charge is 0.370 e. The summed E-state index contributed by atoms with van der Waals surface area (Å²) < 4.78 is 18.0. The van der Waals surface area contributed by atoms with Crippen LogP contribution in [0.5, 0.6) is 6.01 Å². The van der Waals surface area contributed by atoms with Crippen LogP contribution in [0.2, 0.25) is 0 Å². The van der Waals surface area contributed by atoms with Crippen molar-refractivity contribution in [3.8, 4) is 18.0 Å². The van der Waals surface area contributed by atoms with Crippen molar-refractivity contribution in [3.63, 3.8) is 0 Å². The fourth-order valence-electron chi connectivity index (χ4n) is 0.749. The van der Waals surface area contributed by atoms with E-state index in [0.29, 0.717) is 0 Å². The Kier molecular flexibility index (Phi) is 4.21. The maximum absolute atomic E-state index is 13.2. The molecule has 1 aromatic rings. The van der Waals surface area contributed by atoms with E-state index in [1.54, 1.807) is 25.9 Å². The van der Waals surface area contributed by atoms with Crippen LogP contribution in [-0.4, -0.2) is 35.3 Å². The van der Waals surface area contributed by atoms with E-state index in [-0.39, 0.29) is 11.8 Å². The fourth-order valence-corrected chi connectivity index (χ4v) is 0.749. The summed E-state index contributed by atoms with van der Waals surface area (Å²) in [6, 6.07) is -0.0262. The molecule has 1 aromatic heterocycles. The van der Waals surface area contributed by atoms with Crippen molar-refractivity contribution in [1.82, 2.24) is 14.9 Å². The molecule has 0 aromatic carbocycles. The second-order valence-corrected chi connectivity index (χ2v) is 2.99. The highest BCUT2D eigenvalue weighted by molar-refractivity contribution is 5.59. The molecule has 0 aliphatic heterocycles. The van der Waals surface area contributed by atoms with E-state index in [9.17, 15) is 4.39 Å². The Morgan fingerprint density at radius 1 is 1.56 bits per heavy atom. The summed E-state index contributed by atoms with van der Waals surface area (Å²) in [5, 5.41) is 0. The molecule has 0 N–H and O–H groups in total. The van der Waals surface area contributed by atoms with Gasteiger partial charge in [0.15, 0.2) is 11.6 Å². The van der Waals surface area contributed by atoms with Crippen molar-refractivity contribution in [2.75, 3.05) is 14.1 Å². The molecule has 1 heterocycles. The molecule has 0 radical (unpaired) electrons. The van der Waals surface area contributed by atoms with Crippen LogP contribution in [0, 0.1) is 17.8 Å². The Morgan fingerprint density at radius 3 is 2.94 bits per heavy atom. The molecule has 0 fully saturated rings. The van der Waals surface area contributed by atoms with Gasteiger partial charge < -0.3 is 9.64 Å². The van der Waals surface area contributed by atoms with Gasteiger partial charge in [0.05, 0.1) is 12.5 Å². The van der Waals surface area contributed by atoms with Gasteiger partial charge in [-0.3, -0.25) is 0 Å². The third-order valence-electron chi connectivity index (χ3n) is 1.36. The molecule has 5 nitrogen and oxygen atoms in total. The summed E-state index contributed by atoms with van der Waals surface area (Å²) in [6.45, 7) is 1.61. The maximum atomic E-state index is 13.2. The summed E-state index contributed by atoms with van der Waals surface area (Å²) in [4.78, 5) is 12.8. The van der Waals surface area contributed by atoms with Crippen LogP contribution in [0.15, 0.2) is 11.2 Å². The number of hydrogen-bond donors (Lipinski definition) is 0. The topological polar surface area (TPSA) is 50.6 Å². The molecule has 0 aliphatic carbocycles. The number of nitrogens with zero attached hydrogens (tertiary/aromatic N) is 4. The van der Waals surface area contributed by atoms with Gasteiger partial charge in [-0.05, 0) is 0 Å². The van der Waals surface area contributed by atoms with Crippen LogP contribution in [-0.2, 0) is 0 Å². The number of halogens is 1. The minimum atomic E-state index is -0.616. The molecule has 0 saturated heterocycles. The van der Waals surface area contributed by atoms with Crippen molar-refractivity contribution in [2.45, 2.75) is 6.92 Å². The zero-order valence-corrected chi connectivity index (χ0v) is 9.23. The van der Waals surface area contributed by atoms with E-state index in [1.807, 2.05) is 0 Å². The smallest absolute Gasteiger partial charge is 0.333 e. The van der Waals surface area contributed by atoms with Gasteiger partial charge in [-0.15, -0.1) is 0 Å². The van der Waals surface area contributed by atoms with Crippen LogP contribution < -0.4 is 4.74 Å². The monoisotopic (exact) mass is 222 g/mol. The lowest BCUT2D eigenvalue weighted by atomic mass is 10.5. The summed E-state index contributed by atoms with van der Waals surface area (Å²) in [6.07, 6.45) is 4.74. The predicted octanol–water partition coefficient (Wildman–Crippen LogP) is 1.20. The van der Waals surface area contributed by atoms with Crippen LogP contribution in [0.25, 0.3) is 0 Å². The van der Waals surface area contributed by atoms with E-state index in [2.05, 4.69) is 27.0 Å². The van der Waals surface area contributed by atoms with Crippen LogP contribution in [0.4, 0.5) is 10.2 Å². The van der Waals surface area contributed by atoms with E-state index >= 15 is 0 Å². The minimum Gasteiger partial charge on any atom is -0.370 e. The summed E-state index contributed by atoms with van der Waals surface area (Å²) in [5.41, 5.74) is 0. The minimum absolute atomic E-state index is 0.0262. The Hall–Kier alpha value is -2.16. The van der Waals surface area contributed by atoms with E-state index in [4.69, 9.17) is 4.74 Å². The summed E-state index contributed by atoms with van der Waals surface area (Å²) in [7, 11) is 3.53. The Labute approximate surface area is 93.0 Å². The molecule has 0 aliphatic rings. The van der Waals surface area contributed by atoms with Gasteiger partial charge in [-0.1, -0.05) is 5.92 Å². The Bertz CT molecular complexity index is 448. The fraction of sp³-hybridized carbons (Fsp3) is 0.300. The third kappa shape index (κ3) is 3.53. The highest BCUT2D eigenvalue weighted by atomic mass is 19.1. The molecule has 84 valence electrons. The van der Waals surface area contributed by atoms with Crippen molar-refractivity contribution in [2.24, 2.45) is 4.99 Å². The molecule has 16 heavy (non-hydrogen) atoms. The lowest BCUT2D eigenvalue weighted by Crippen LogP contribution is -2.07. The normalized spacial score (nSPS) is 9.75. The molecule has 6 heteroatoms. The third-order valence-corrected chi connectivity index (χ3v) is 1.36. The molecule has 0 atom stereocenters. The first-order valence-corrected chi connectivity index (χ1v) is 4.45. The van der Waals surface area contributed by atoms with Crippen molar-refractivity contribution >= 4 is 12.2 Å². The number of hydrogen-bond acceptors (Lipinski definition) is 4. The highest BCUT2D eigenvalue weighted by Crippen LogP contribution is 2.15. The molecule has 1 rings (SSSR count). The molecular weight excluding hydrogens is 211 g/mol. The van der Waals surface area contributed by atoms with Gasteiger partial charge in [0.2, 0.25) is 0 Å². The van der Waals surface area contributed by atoms with Gasteiger partial charge in [0, 0.05) is 21.0 Å². The molecule has 0 spiro atoms. The SMILES string of the molecule is CC#COc1ncc(F)c(N=CN(C)C)n1. The lowest BCUT2D eigenvalue weighted by molar-refractivity contribution is 0.467. The zero-order chi connectivity index (χ0) is 12.0. The molecule has 0 saturated carbocycles. The zero-order valence-electron chi connectivity index (χ0n) is 9.23. The Balaban J connectivity index is 2.93. The first-order valence-electron chi connectivity index (χ1n) is 4.45. The second kappa shape index (κ2) is 5.66. The number of ether oxygens (including phenoxy) is 1. The average molecular weight is 222 g/mol.